The minimum Gasteiger partial charge on any atom is -0.457 e. The van der Waals surface area contributed by atoms with E-state index in [9.17, 15) is 0 Å². The van der Waals surface area contributed by atoms with Crippen LogP contribution >= 0.6 is 0 Å². The molecule has 0 unspecified atom stereocenters. The van der Waals surface area contributed by atoms with E-state index in [0.29, 0.717) is 0 Å². The molecule has 0 heterocycles. The quantitative estimate of drug-likeness (QED) is 0.184. The Morgan fingerprint density at radius 3 is 0.674 bits per heavy atom. The number of hydrogen-bond donors (Lipinski definition) is 0. The third-order valence-electron chi connectivity index (χ3n) is 7.59. The second-order valence-electron chi connectivity index (χ2n) is 11.1. The third-order valence-corrected chi connectivity index (χ3v) is 7.59. The van der Waals surface area contributed by atoms with Crippen LogP contribution in [0.15, 0.2) is 146 Å². The standard InChI is InChI=1S/C40H36N2O/c1-29-5-13-33(14-6-29)41(34-15-7-30(2)8-16-34)37-21-25-39(26-22-37)43-40-27-23-38(24-28-40)42(35-17-9-31(3)10-18-35)36-19-11-32(4)12-20-36/h5-28H,1-4H3. The second kappa shape index (κ2) is 12.3. The minimum atomic E-state index is 0.790. The zero-order valence-corrected chi connectivity index (χ0v) is 25.2. The molecule has 0 bridgehead atoms. The van der Waals surface area contributed by atoms with E-state index in [1.807, 2.05) is 24.3 Å². The maximum absolute atomic E-state index is 6.30. The fraction of sp³-hybridized carbons (Fsp3) is 0.100. The van der Waals surface area contributed by atoms with Crippen molar-refractivity contribution in [2.45, 2.75) is 27.7 Å². The van der Waals surface area contributed by atoms with Gasteiger partial charge in [-0.25, -0.2) is 0 Å². The number of nitrogens with zero attached hydrogens (tertiary/aromatic N) is 2. The first kappa shape index (κ1) is 27.9. The summed E-state index contributed by atoms with van der Waals surface area (Å²) in [5.74, 6) is 1.58. The summed E-state index contributed by atoms with van der Waals surface area (Å²) < 4.78 is 6.30. The fourth-order valence-electron chi connectivity index (χ4n) is 5.13. The first-order valence-electron chi connectivity index (χ1n) is 14.7. The van der Waals surface area contributed by atoms with Gasteiger partial charge in [-0.1, -0.05) is 70.8 Å². The monoisotopic (exact) mass is 560 g/mol. The molecular weight excluding hydrogens is 524 g/mol. The molecule has 212 valence electrons. The Morgan fingerprint density at radius 2 is 0.465 bits per heavy atom. The Labute approximate surface area is 255 Å². The van der Waals surface area contributed by atoms with Crippen molar-refractivity contribution in [2.24, 2.45) is 0 Å². The summed E-state index contributed by atoms with van der Waals surface area (Å²) in [4.78, 5) is 4.53. The third kappa shape index (κ3) is 6.47. The van der Waals surface area contributed by atoms with Crippen molar-refractivity contribution in [1.29, 1.82) is 0 Å². The molecule has 0 spiro atoms. The van der Waals surface area contributed by atoms with Crippen molar-refractivity contribution in [3.63, 3.8) is 0 Å². The van der Waals surface area contributed by atoms with Crippen LogP contribution in [0.4, 0.5) is 34.1 Å². The van der Waals surface area contributed by atoms with E-state index in [2.05, 4.69) is 159 Å². The van der Waals surface area contributed by atoms with Gasteiger partial charge < -0.3 is 14.5 Å². The normalized spacial score (nSPS) is 10.8. The van der Waals surface area contributed by atoms with Gasteiger partial charge in [0.25, 0.3) is 0 Å². The zero-order chi connectivity index (χ0) is 29.8. The molecule has 6 aromatic carbocycles. The highest BCUT2D eigenvalue weighted by Crippen LogP contribution is 2.38. The molecule has 0 atom stereocenters. The molecule has 0 aliphatic rings. The minimum absolute atomic E-state index is 0.790. The maximum atomic E-state index is 6.30. The van der Waals surface area contributed by atoms with Gasteiger partial charge in [0.15, 0.2) is 0 Å². The average molecular weight is 561 g/mol. The van der Waals surface area contributed by atoms with Gasteiger partial charge in [0.05, 0.1) is 0 Å². The van der Waals surface area contributed by atoms with Crippen LogP contribution in [0.25, 0.3) is 0 Å². The van der Waals surface area contributed by atoms with Crippen molar-refractivity contribution >= 4 is 34.1 Å². The van der Waals surface area contributed by atoms with Gasteiger partial charge in [-0.15, -0.1) is 0 Å². The van der Waals surface area contributed by atoms with Gasteiger partial charge in [0.1, 0.15) is 11.5 Å². The Bertz CT molecular complexity index is 1540. The smallest absolute Gasteiger partial charge is 0.127 e. The lowest BCUT2D eigenvalue weighted by Gasteiger charge is -2.26. The van der Waals surface area contributed by atoms with Crippen molar-refractivity contribution in [2.75, 3.05) is 9.80 Å². The maximum Gasteiger partial charge on any atom is 0.127 e. The van der Waals surface area contributed by atoms with E-state index in [1.54, 1.807) is 0 Å². The molecule has 0 fully saturated rings. The van der Waals surface area contributed by atoms with E-state index >= 15 is 0 Å². The summed E-state index contributed by atoms with van der Waals surface area (Å²) in [7, 11) is 0. The number of aryl methyl sites for hydroxylation is 4. The molecule has 0 saturated carbocycles. The molecule has 3 nitrogen and oxygen atoms in total. The number of ether oxygens (including phenoxy) is 1. The van der Waals surface area contributed by atoms with Gasteiger partial charge in [-0.2, -0.15) is 0 Å². The van der Waals surface area contributed by atoms with Gasteiger partial charge in [0, 0.05) is 34.1 Å². The van der Waals surface area contributed by atoms with E-state index in [1.165, 1.54) is 22.3 Å². The number of rotatable bonds is 8. The van der Waals surface area contributed by atoms with Crippen LogP contribution in [0.2, 0.25) is 0 Å². The molecule has 6 rings (SSSR count). The summed E-state index contributed by atoms with van der Waals surface area (Å²) in [5.41, 5.74) is 11.6. The van der Waals surface area contributed by atoms with E-state index in [0.717, 1.165) is 45.6 Å². The molecule has 3 heteroatoms. The van der Waals surface area contributed by atoms with E-state index < -0.39 is 0 Å². The first-order valence-corrected chi connectivity index (χ1v) is 14.7. The summed E-state index contributed by atoms with van der Waals surface area (Å²) in [6.07, 6.45) is 0. The lowest BCUT2D eigenvalue weighted by molar-refractivity contribution is 0.483. The molecule has 0 N–H and O–H groups in total. The summed E-state index contributed by atoms with van der Waals surface area (Å²) in [6, 6.07) is 51.1. The molecule has 43 heavy (non-hydrogen) atoms. The van der Waals surface area contributed by atoms with Gasteiger partial charge >= 0.3 is 0 Å². The van der Waals surface area contributed by atoms with Crippen LogP contribution in [0.5, 0.6) is 11.5 Å². The largest absolute Gasteiger partial charge is 0.457 e. The highest BCUT2D eigenvalue weighted by molar-refractivity contribution is 5.78. The first-order chi connectivity index (χ1) is 20.9. The lowest BCUT2D eigenvalue weighted by atomic mass is 10.1. The number of benzene rings is 6. The SMILES string of the molecule is Cc1ccc(N(c2ccc(C)cc2)c2ccc(Oc3ccc(N(c4ccc(C)cc4)c4ccc(C)cc4)cc3)cc2)cc1. The van der Waals surface area contributed by atoms with Crippen molar-refractivity contribution in [1.82, 2.24) is 0 Å². The predicted molar refractivity (Wildman–Crippen MR) is 181 cm³/mol. The van der Waals surface area contributed by atoms with Crippen LogP contribution in [-0.2, 0) is 0 Å². The highest BCUT2D eigenvalue weighted by atomic mass is 16.5. The topological polar surface area (TPSA) is 15.7 Å². The van der Waals surface area contributed by atoms with Crippen molar-refractivity contribution in [3.05, 3.63) is 168 Å². The second-order valence-corrected chi connectivity index (χ2v) is 11.1. The molecular formula is C40H36N2O. The van der Waals surface area contributed by atoms with E-state index in [-0.39, 0.29) is 0 Å². The molecule has 0 saturated heterocycles. The predicted octanol–water partition coefficient (Wildman–Crippen LogP) is 11.7. The Morgan fingerprint density at radius 1 is 0.279 bits per heavy atom. The van der Waals surface area contributed by atoms with Crippen molar-refractivity contribution in [3.8, 4) is 11.5 Å². The Balaban J connectivity index is 1.24. The van der Waals surface area contributed by atoms with E-state index in [4.69, 9.17) is 4.74 Å². The zero-order valence-electron chi connectivity index (χ0n) is 25.2. The van der Waals surface area contributed by atoms with Crippen LogP contribution in [0, 0.1) is 27.7 Å². The molecule has 0 amide bonds. The van der Waals surface area contributed by atoms with Crippen molar-refractivity contribution < 1.29 is 4.74 Å². The highest BCUT2D eigenvalue weighted by Gasteiger charge is 2.14. The van der Waals surface area contributed by atoms with Gasteiger partial charge in [-0.05, 0) is 125 Å². The molecule has 0 aliphatic carbocycles. The summed E-state index contributed by atoms with van der Waals surface area (Å²) in [5, 5.41) is 0. The molecule has 6 aromatic rings. The van der Waals surface area contributed by atoms with Gasteiger partial charge in [-0.3, -0.25) is 0 Å². The average Bonchev–Trinajstić information content (AvgIpc) is 3.03. The molecule has 0 aromatic heterocycles. The van der Waals surface area contributed by atoms with Crippen LogP contribution in [0.3, 0.4) is 0 Å². The number of hydrogen-bond acceptors (Lipinski definition) is 3. The van der Waals surface area contributed by atoms with Gasteiger partial charge in [0.2, 0.25) is 0 Å². The fourth-order valence-corrected chi connectivity index (χ4v) is 5.13. The Kier molecular flexibility index (Phi) is 7.97. The lowest BCUT2D eigenvalue weighted by Crippen LogP contribution is -2.10. The van der Waals surface area contributed by atoms with Crippen LogP contribution < -0.4 is 14.5 Å². The van der Waals surface area contributed by atoms with Crippen LogP contribution in [0.1, 0.15) is 22.3 Å². The van der Waals surface area contributed by atoms with Crippen LogP contribution in [-0.4, -0.2) is 0 Å². The summed E-state index contributed by atoms with van der Waals surface area (Å²) in [6.45, 7) is 8.45. The summed E-state index contributed by atoms with van der Waals surface area (Å²) >= 11 is 0. The molecule has 0 aliphatic heterocycles. The Hall–Kier alpha value is -5.28. The molecule has 0 radical (unpaired) electrons. The number of anilines is 6.